The van der Waals surface area contributed by atoms with Crippen molar-refractivity contribution in [2.24, 2.45) is 5.92 Å². The summed E-state index contributed by atoms with van der Waals surface area (Å²) >= 11 is 0. The number of carbonyl (C=O) groups is 1. The van der Waals surface area contributed by atoms with Gasteiger partial charge in [0.1, 0.15) is 5.75 Å². The molecule has 1 N–H and O–H groups in total. The van der Waals surface area contributed by atoms with E-state index in [2.05, 4.69) is 9.47 Å². The van der Waals surface area contributed by atoms with Gasteiger partial charge in [-0.1, -0.05) is 19.3 Å². The van der Waals surface area contributed by atoms with Gasteiger partial charge < -0.3 is 14.4 Å². The molecule has 4 rings (SSSR count). The van der Waals surface area contributed by atoms with Gasteiger partial charge in [-0.25, -0.2) is 0 Å². The highest BCUT2D eigenvalue weighted by molar-refractivity contribution is 6.09. The summed E-state index contributed by atoms with van der Waals surface area (Å²) in [6, 6.07) is 5.39. The average molecular weight is 356 g/mol. The highest BCUT2D eigenvalue weighted by Crippen LogP contribution is 2.32. The fraction of sp³-hybridized carbons (Fsp3) is 0.571. The molecule has 140 valence electrons. The maximum absolute atomic E-state index is 13.1. The highest BCUT2D eigenvalue weighted by Gasteiger charge is 2.25. The van der Waals surface area contributed by atoms with E-state index in [1.165, 1.54) is 6.42 Å². The van der Waals surface area contributed by atoms with Gasteiger partial charge in [-0.15, -0.1) is 0 Å². The molecule has 5 nitrogen and oxygen atoms in total. The maximum atomic E-state index is 13.1. The van der Waals surface area contributed by atoms with Gasteiger partial charge in [0, 0.05) is 54.8 Å². The first-order valence-electron chi connectivity index (χ1n) is 9.88. The molecular weight excluding hydrogens is 328 g/mol. The zero-order valence-electron chi connectivity index (χ0n) is 15.3. The third-order valence-corrected chi connectivity index (χ3v) is 5.87. The number of aromatic nitrogens is 1. The smallest absolute Gasteiger partial charge is 0.168 e. The highest BCUT2D eigenvalue weighted by atomic mass is 16.5. The van der Waals surface area contributed by atoms with E-state index in [1.807, 2.05) is 12.3 Å². The molecule has 1 saturated carbocycles. The van der Waals surface area contributed by atoms with Crippen LogP contribution >= 0.6 is 0 Å². The Hall–Kier alpha value is -1.85. The summed E-state index contributed by atoms with van der Waals surface area (Å²) in [5.41, 5.74) is 1.82. The number of morpholine rings is 1. The van der Waals surface area contributed by atoms with E-state index in [1.54, 1.807) is 12.1 Å². The maximum Gasteiger partial charge on any atom is 0.168 e. The summed E-state index contributed by atoms with van der Waals surface area (Å²) in [6.07, 6.45) is 7.55. The lowest BCUT2D eigenvalue weighted by atomic mass is 9.84. The molecule has 0 bridgehead atoms. The van der Waals surface area contributed by atoms with Crippen molar-refractivity contribution in [3.63, 3.8) is 0 Å². The van der Waals surface area contributed by atoms with Crippen LogP contribution in [0.25, 0.3) is 10.9 Å². The number of carbonyl (C=O) groups excluding carboxylic acids is 1. The van der Waals surface area contributed by atoms with Crippen molar-refractivity contribution in [2.45, 2.75) is 38.6 Å². The molecular formula is C21H28N2O3. The van der Waals surface area contributed by atoms with Gasteiger partial charge in [-0.3, -0.25) is 9.69 Å². The van der Waals surface area contributed by atoms with Crippen LogP contribution in [-0.2, 0) is 11.3 Å². The van der Waals surface area contributed by atoms with Crippen LogP contribution in [0.3, 0.4) is 0 Å². The molecule has 0 amide bonds. The summed E-state index contributed by atoms with van der Waals surface area (Å²) in [4.78, 5) is 15.5. The van der Waals surface area contributed by atoms with E-state index in [9.17, 15) is 9.90 Å². The molecule has 0 unspecified atom stereocenters. The Morgan fingerprint density at radius 2 is 1.88 bits per heavy atom. The second-order valence-electron chi connectivity index (χ2n) is 7.59. The molecule has 2 fully saturated rings. The Morgan fingerprint density at radius 3 is 2.65 bits per heavy atom. The number of ether oxygens (including phenoxy) is 1. The molecule has 1 aliphatic heterocycles. The topological polar surface area (TPSA) is 54.7 Å². The first-order valence-corrected chi connectivity index (χ1v) is 9.88. The van der Waals surface area contributed by atoms with Crippen molar-refractivity contribution in [1.29, 1.82) is 0 Å². The lowest BCUT2D eigenvalue weighted by Gasteiger charge is -2.26. The largest absolute Gasteiger partial charge is 0.508 e. The zero-order valence-corrected chi connectivity index (χ0v) is 15.3. The summed E-state index contributed by atoms with van der Waals surface area (Å²) in [7, 11) is 0. The monoisotopic (exact) mass is 356 g/mol. The number of hydrogen-bond donors (Lipinski definition) is 1. The van der Waals surface area contributed by atoms with Gasteiger partial charge in [0.25, 0.3) is 0 Å². The van der Waals surface area contributed by atoms with Gasteiger partial charge in [-0.2, -0.15) is 0 Å². The Labute approximate surface area is 154 Å². The minimum absolute atomic E-state index is 0.143. The second kappa shape index (κ2) is 7.80. The van der Waals surface area contributed by atoms with Crippen molar-refractivity contribution < 1.29 is 14.6 Å². The molecule has 1 aromatic carbocycles. The summed E-state index contributed by atoms with van der Waals surface area (Å²) in [5.74, 6) is 0.621. The molecule has 0 radical (unpaired) electrons. The van der Waals surface area contributed by atoms with E-state index in [0.717, 1.165) is 81.5 Å². The third kappa shape index (κ3) is 3.64. The fourth-order valence-corrected chi connectivity index (χ4v) is 4.33. The number of phenols is 1. The minimum Gasteiger partial charge on any atom is -0.508 e. The number of aromatic hydroxyl groups is 1. The van der Waals surface area contributed by atoms with Crippen molar-refractivity contribution in [2.75, 3.05) is 32.8 Å². The van der Waals surface area contributed by atoms with Crippen LogP contribution in [0.1, 0.15) is 42.5 Å². The van der Waals surface area contributed by atoms with Crippen LogP contribution in [0, 0.1) is 5.92 Å². The van der Waals surface area contributed by atoms with Gasteiger partial charge in [0.15, 0.2) is 5.78 Å². The number of phenolic OH excluding ortho intramolecular Hbond substituents is 1. The first kappa shape index (κ1) is 17.6. The van der Waals surface area contributed by atoms with E-state index in [-0.39, 0.29) is 17.5 Å². The predicted octanol–water partition coefficient (Wildman–Crippen LogP) is 3.44. The summed E-state index contributed by atoms with van der Waals surface area (Å²) in [5, 5.41) is 10.8. The fourth-order valence-electron chi connectivity index (χ4n) is 4.33. The van der Waals surface area contributed by atoms with E-state index < -0.39 is 0 Å². The summed E-state index contributed by atoms with van der Waals surface area (Å²) < 4.78 is 7.60. The molecule has 26 heavy (non-hydrogen) atoms. The van der Waals surface area contributed by atoms with E-state index in [0.29, 0.717) is 0 Å². The second-order valence-corrected chi connectivity index (χ2v) is 7.59. The van der Waals surface area contributed by atoms with Gasteiger partial charge in [-0.05, 0) is 31.0 Å². The predicted molar refractivity (Wildman–Crippen MR) is 102 cm³/mol. The van der Waals surface area contributed by atoms with Crippen molar-refractivity contribution >= 4 is 16.7 Å². The van der Waals surface area contributed by atoms with E-state index in [4.69, 9.17) is 4.74 Å². The molecule has 5 heteroatoms. The van der Waals surface area contributed by atoms with Crippen LogP contribution in [0.15, 0.2) is 24.4 Å². The number of ketones is 1. The molecule has 0 atom stereocenters. The minimum atomic E-state index is 0.143. The average Bonchev–Trinajstić information content (AvgIpc) is 3.05. The Kier molecular flexibility index (Phi) is 5.27. The number of rotatable bonds is 5. The van der Waals surface area contributed by atoms with E-state index >= 15 is 0 Å². The molecule has 1 aromatic heterocycles. The molecule has 1 aliphatic carbocycles. The van der Waals surface area contributed by atoms with Crippen LogP contribution in [0.5, 0.6) is 5.75 Å². The molecule has 2 heterocycles. The van der Waals surface area contributed by atoms with Crippen LogP contribution in [-0.4, -0.2) is 53.2 Å². The molecule has 2 aliphatic rings. The lowest BCUT2D eigenvalue weighted by molar-refractivity contribution is 0.0365. The lowest BCUT2D eigenvalue weighted by Crippen LogP contribution is -2.38. The van der Waals surface area contributed by atoms with Crippen molar-refractivity contribution in [1.82, 2.24) is 9.47 Å². The molecule has 2 aromatic rings. The first-order chi connectivity index (χ1) is 12.7. The van der Waals surface area contributed by atoms with Crippen LogP contribution in [0.2, 0.25) is 0 Å². The van der Waals surface area contributed by atoms with Gasteiger partial charge in [0.2, 0.25) is 0 Å². The molecule has 0 spiro atoms. The standard InChI is InChI=1S/C21H28N2O3/c24-17-6-7-20-18(14-17)19(21(25)16-4-2-1-3-5-16)15-23(20)9-8-22-10-12-26-13-11-22/h6-7,14-16,24H,1-5,8-13H2. The van der Waals surface area contributed by atoms with Gasteiger partial charge >= 0.3 is 0 Å². The Morgan fingerprint density at radius 1 is 1.12 bits per heavy atom. The zero-order chi connectivity index (χ0) is 17.9. The van der Waals surface area contributed by atoms with Crippen molar-refractivity contribution in [3.05, 3.63) is 30.0 Å². The van der Waals surface area contributed by atoms with Crippen LogP contribution in [0.4, 0.5) is 0 Å². The summed E-state index contributed by atoms with van der Waals surface area (Å²) in [6.45, 7) is 5.32. The number of fused-ring (bicyclic) bond motifs is 1. The quantitative estimate of drug-likeness (QED) is 0.834. The normalized spacial score (nSPS) is 19.8. The Bertz CT molecular complexity index is 771. The van der Waals surface area contributed by atoms with Gasteiger partial charge in [0.05, 0.1) is 13.2 Å². The number of benzene rings is 1. The van der Waals surface area contributed by atoms with Crippen molar-refractivity contribution in [3.8, 4) is 5.75 Å². The number of Topliss-reactive ketones (excluding diaryl/α,β-unsaturated/α-hetero) is 1. The third-order valence-electron chi connectivity index (χ3n) is 5.87. The SMILES string of the molecule is O=C(c1cn(CCN2CCOCC2)c2ccc(O)cc12)C1CCCCC1. The number of hydrogen-bond acceptors (Lipinski definition) is 4. The number of nitrogens with zero attached hydrogens (tertiary/aromatic N) is 2. The van der Waals surface area contributed by atoms with Crippen LogP contribution < -0.4 is 0 Å². The Balaban J connectivity index is 1.60. The molecule has 1 saturated heterocycles.